The summed E-state index contributed by atoms with van der Waals surface area (Å²) in [6.07, 6.45) is 3.20. The van der Waals surface area contributed by atoms with Gasteiger partial charge in [0, 0.05) is 23.5 Å². The van der Waals surface area contributed by atoms with Crippen LogP contribution in [0.15, 0.2) is 41.8 Å². The molecule has 0 atom stereocenters. The van der Waals surface area contributed by atoms with Gasteiger partial charge < -0.3 is 20.4 Å². The molecule has 2 aromatic rings. The number of nitrogens with zero attached hydrogens (tertiary/aromatic N) is 2. The average molecular weight is 308 g/mol. The highest BCUT2D eigenvalue weighted by atomic mass is 35.5. The van der Waals surface area contributed by atoms with Crippen molar-refractivity contribution in [3.05, 3.63) is 52.8 Å². The molecule has 0 bridgehead atoms. The molecule has 0 amide bonds. The fourth-order valence-electron chi connectivity index (χ4n) is 1.68. The normalized spacial score (nSPS) is 11.2. The number of benzene rings is 1. The zero-order valence-corrected chi connectivity index (χ0v) is 12.0. The third-order valence-corrected chi connectivity index (χ3v) is 3.15. The largest absolute Gasteiger partial charge is 0.493 e. The Bertz CT molecular complexity index is 662. The fraction of sp³-hybridized carbons (Fsp3) is 0.143. The van der Waals surface area contributed by atoms with Gasteiger partial charge in [0.2, 0.25) is 0 Å². The van der Waals surface area contributed by atoms with Crippen LogP contribution >= 0.6 is 11.6 Å². The number of hydrogen-bond acceptors (Lipinski definition) is 5. The lowest BCUT2D eigenvalue weighted by Crippen LogP contribution is -2.13. The molecular weight excluding hydrogens is 294 g/mol. The van der Waals surface area contributed by atoms with Gasteiger partial charge in [-0.15, -0.1) is 0 Å². The molecule has 1 aromatic heterocycles. The van der Waals surface area contributed by atoms with Crippen molar-refractivity contribution < 1.29 is 14.7 Å². The predicted molar refractivity (Wildman–Crippen MR) is 79.1 cm³/mol. The zero-order chi connectivity index (χ0) is 15.2. The monoisotopic (exact) mass is 307 g/mol. The SMILES string of the molecule is COc1cc(C(N)=NO)ccc1OCc1ccncc1Cl. The van der Waals surface area contributed by atoms with Crippen molar-refractivity contribution in [1.82, 2.24) is 4.98 Å². The number of ether oxygens (including phenoxy) is 2. The molecule has 7 heteroatoms. The standard InChI is InChI=1S/C14H14ClN3O3/c1-20-13-6-9(14(16)18-19)2-3-12(13)21-8-10-4-5-17-7-11(10)15/h2-7,19H,8H2,1H3,(H2,16,18). The lowest BCUT2D eigenvalue weighted by Gasteiger charge is -2.12. The third-order valence-electron chi connectivity index (χ3n) is 2.81. The van der Waals surface area contributed by atoms with E-state index in [1.54, 1.807) is 36.7 Å². The van der Waals surface area contributed by atoms with Crippen LogP contribution in [0.1, 0.15) is 11.1 Å². The summed E-state index contributed by atoms with van der Waals surface area (Å²) in [4.78, 5) is 3.91. The van der Waals surface area contributed by atoms with E-state index in [0.29, 0.717) is 22.1 Å². The first-order valence-corrected chi connectivity index (χ1v) is 6.40. The van der Waals surface area contributed by atoms with Crippen molar-refractivity contribution in [2.75, 3.05) is 7.11 Å². The minimum absolute atomic E-state index is 0.00275. The van der Waals surface area contributed by atoms with E-state index in [1.807, 2.05) is 0 Å². The quantitative estimate of drug-likeness (QED) is 0.383. The van der Waals surface area contributed by atoms with Crippen molar-refractivity contribution in [3.8, 4) is 11.5 Å². The van der Waals surface area contributed by atoms with Crippen LogP contribution in [-0.2, 0) is 6.61 Å². The van der Waals surface area contributed by atoms with Crippen LogP contribution in [-0.4, -0.2) is 23.1 Å². The van der Waals surface area contributed by atoms with Gasteiger partial charge in [-0.3, -0.25) is 4.98 Å². The highest BCUT2D eigenvalue weighted by Gasteiger charge is 2.09. The maximum Gasteiger partial charge on any atom is 0.170 e. The Morgan fingerprint density at radius 1 is 1.38 bits per heavy atom. The highest BCUT2D eigenvalue weighted by Crippen LogP contribution is 2.29. The second-order valence-corrected chi connectivity index (χ2v) is 4.51. The number of pyridine rings is 1. The van der Waals surface area contributed by atoms with Crippen LogP contribution in [0.25, 0.3) is 0 Å². The summed E-state index contributed by atoms with van der Waals surface area (Å²) >= 11 is 6.02. The average Bonchev–Trinajstić information content (AvgIpc) is 2.53. The van der Waals surface area contributed by atoms with Crippen molar-refractivity contribution in [3.63, 3.8) is 0 Å². The number of methoxy groups -OCH3 is 1. The number of oxime groups is 1. The molecule has 0 aliphatic rings. The Balaban J connectivity index is 2.19. The molecule has 0 spiro atoms. The van der Waals surface area contributed by atoms with Crippen molar-refractivity contribution >= 4 is 17.4 Å². The Morgan fingerprint density at radius 3 is 2.86 bits per heavy atom. The molecule has 0 aliphatic heterocycles. The molecule has 0 saturated heterocycles. The lowest BCUT2D eigenvalue weighted by atomic mass is 10.2. The van der Waals surface area contributed by atoms with Gasteiger partial charge in [0.15, 0.2) is 17.3 Å². The number of nitrogens with two attached hydrogens (primary N) is 1. The molecule has 0 saturated carbocycles. The summed E-state index contributed by atoms with van der Waals surface area (Å²) in [5, 5.41) is 12.1. The Kier molecular flexibility index (Phi) is 4.84. The van der Waals surface area contributed by atoms with Crippen LogP contribution < -0.4 is 15.2 Å². The van der Waals surface area contributed by atoms with Crippen molar-refractivity contribution in [1.29, 1.82) is 0 Å². The van der Waals surface area contributed by atoms with Crippen LogP contribution in [0.3, 0.4) is 0 Å². The van der Waals surface area contributed by atoms with Gasteiger partial charge in [0.1, 0.15) is 6.61 Å². The molecule has 0 radical (unpaired) electrons. The summed E-state index contributed by atoms with van der Waals surface area (Å²) in [5.41, 5.74) is 6.88. The number of hydrogen-bond donors (Lipinski definition) is 2. The van der Waals surface area contributed by atoms with Crippen LogP contribution in [0.2, 0.25) is 5.02 Å². The molecule has 1 aromatic carbocycles. The smallest absolute Gasteiger partial charge is 0.170 e. The first-order valence-electron chi connectivity index (χ1n) is 6.03. The second kappa shape index (κ2) is 6.81. The zero-order valence-electron chi connectivity index (χ0n) is 11.3. The van der Waals surface area contributed by atoms with E-state index in [-0.39, 0.29) is 12.4 Å². The number of rotatable bonds is 5. The summed E-state index contributed by atoms with van der Waals surface area (Å²) in [5.74, 6) is 1.00. The van der Waals surface area contributed by atoms with E-state index in [9.17, 15) is 0 Å². The predicted octanol–water partition coefficient (Wildman–Crippen LogP) is 2.42. The lowest BCUT2D eigenvalue weighted by molar-refractivity contribution is 0.284. The molecule has 0 unspecified atom stereocenters. The Hall–Kier alpha value is -2.47. The highest BCUT2D eigenvalue weighted by molar-refractivity contribution is 6.31. The molecule has 21 heavy (non-hydrogen) atoms. The molecule has 1 heterocycles. The van der Waals surface area contributed by atoms with E-state index in [0.717, 1.165) is 5.56 Å². The number of amidine groups is 1. The Labute approximate surface area is 126 Å². The Morgan fingerprint density at radius 2 is 2.19 bits per heavy atom. The van der Waals surface area contributed by atoms with Crippen LogP contribution in [0.5, 0.6) is 11.5 Å². The summed E-state index contributed by atoms with van der Waals surface area (Å²) < 4.78 is 10.9. The number of aromatic nitrogens is 1. The van der Waals surface area contributed by atoms with Gasteiger partial charge in [-0.25, -0.2) is 0 Å². The first-order chi connectivity index (χ1) is 10.2. The molecule has 0 fully saturated rings. The minimum Gasteiger partial charge on any atom is -0.493 e. The van der Waals surface area contributed by atoms with Gasteiger partial charge in [-0.05, 0) is 24.3 Å². The maximum absolute atomic E-state index is 8.67. The molecule has 2 rings (SSSR count). The summed E-state index contributed by atoms with van der Waals surface area (Å²) in [6, 6.07) is 6.75. The van der Waals surface area contributed by atoms with Crippen LogP contribution in [0, 0.1) is 0 Å². The van der Waals surface area contributed by atoms with E-state index in [2.05, 4.69) is 10.1 Å². The van der Waals surface area contributed by atoms with E-state index < -0.39 is 0 Å². The second-order valence-electron chi connectivity index (χ2n) is 4.11. The van der Waals surface area contributed by atoms with E-state index >= 15 is 0 Å². The molecule has 110 valence electrons. The van der Waals surface area contributed by atoms with E-state index in [1.165, 1.54) is 7.11 Å². The molecule has 0 aliphatic carbocycles. The minimum atomic E-state index is -0.00275. The number of halogens is 1. The summed E-state index contributed by atoms with van der Waals surface area (Å²) in [6.45, 7) is 0.278. The third kappa shape index (κ3) is 3.55. The van der Waals surface area contributed by atoms with Gasteiger partial charge in [0.05, 0.1) is 12.1 Å². The fourth-order valence-corrected chi connectivity index (χ4v) is 1.85. The van der Waals surface area contributed by atoms with Gasteiger partial charge >= 0.3 is 0 Å². The molecule has 3 N–H and O–H groups in total. The van der Waals surface area contributed by atoms with Crippen LogP contribution in [0.4, 0.5) is 0 Å². The molecular formula is C14H14ClN3O3. The van der Waals surface area contributed by atoms with Gasteiger partial charge in [-0.1, -0.05) is 16.8 Å². The molecule has 6 nitrogen and oxygen atoms in total. The topological polar surface area (TPSA) is 90.0 Å². The van der Waals surface area contributed by atoms with Gasteiger partial charge in [0.25, 0.3) is 0 Å². The maximum atomic E-state index is 8.67. The summed E-state index contributed by atoms with van der Waals surface area (Å²) in [7, 11) is 1.51. The van der Waals surface area contributed by atoms with Crippen molar-refractivity contribution in [2.24, 2.45) is 10.9 Å². The van der Waals surface area contributed by atoms with E-state index in [4.69, 9.17) is 32.0 Å². The first kappa shape index (κ1) is 14.9. The van der Waals surface area contributed by atoms with Gasteiger partial charge in [-0.2, -0.15) is 0 Å². The van der Waals surface area contributed by atoms with Crippen molar-refractivity contribution in [2.45, 2.75) is 6.61 Å².